The summed E-state index contributed by atoms with van der Waals surface area (Å²) in [4.78, 5) is 12.0. The zero-order chi connectivity index (χ0) is 22.7. The molecule has 0 aliphatic carbocycles. The van der Waals surface area contributed by atoms with Gasteiger partial charge in [0.2, 0.25) is 0 Å². The fourth-order valence-electron chi connectivity index (χ4n) is 4.46. The van der Waals surface area contributed by atoms with Crippen molar-refractivity contribution in [2.45, 2.75) is 0 Å². The lowest BCUT2D eigenvalue weighted by molar-refractivity contribution is 0.980. The molecule has 6 rings (SSSR count). The van der Waals surface area contributed by atoms with E-state index < -0.39 is 0 Å². The van der Waals surface area contributed by atoms with Gasteiger partial charge in [-0.05, 0) is 60.7 Å². The number of aromatic nitrogens is 1. The lowest BCUT2D eigenvalue weighted by atomic mass is 10.2. The first kappa shape index (κ1) is 20.1. The van der Waals surface area contributed by atoms with Gasteiger partial charge in [-0.15, -0.1) is 0 Å². The average Bonchev–Trinajstić information content (AvgIpc) is 3.30. The monoisotopic (exact) mass is 440 g/mol. The molecule has 0 saturated heterocycles. The van der Waals surface area contributed by atoms with Crippen LogP contribution in [0.1, 0.15) is 0 Å². The minimum Gasteiger partial charge on any atom is -0.320 e. The van der Waals surface area contributed by atoms with E-state index in [1.165, 1.54) is 0 Å². The van der Waals surface area contributed by atoms with Crippen molar-refractivity contribution < 1.29 is 0 Å². The molecule has 1 aromatic heterocycles. The van der Waals surface area contributed by atoms with Crippen molar-refractivity contribution in [1.29, 1.82) is 0 Å². The predicted molar refractivity (Wildman–Crippen MR) is 141 cm³/mol. The summed E-state index contributed by atoms with van der Waals surface area (Å²) < 4.78 is 0. The van der Waals surface area contributed by atoms with Gasteiger partial charge in [-0.25, -0.2) is 4.98 Å². The molecule has 4 aromatic carbocycles. The molecule has 4 heteroatoms. The number of fused-ring (bicyclic) bond motifs is 1. The summed E-state index contributed by atoms with van der Waals surface area (Å²) in [6.07, 6.45) is 0. The highest BCUT2D eigenvalue weighted by Crippen LogP contribution is 2.45. The van der Waals surface area contributed by atoms with Crippen molar-refractivity contribution in [3.05, 3.63) is 133 Å². The van der Waals surface area contributed by atoms with Gasteiger partial charge in [0.15, 0.2) is 5.82 Å². The summed E-state index contributed by atoms with van der Waals surface area (Å²) in [7, 11) is 0. The standard InChI is InChI=1S/C30H24N4/c1-5-13-24(14-6-1)32-23-33(25-15-7-2-8-16-25)30-28(32)21-22-29(31-30)34(26-17-9-3-10-18-26)27-19-11-4-12-20-27/h1-22H,23H2. The van der Waals surface area contributed by atoms with Gasteiger partial charge >= 0.3 is 0 Å². The van der Waals surface area contributed by atoms with Gasteiger partial charge in [0.25, 0.3) is 0 Å². The van der Waals surface area contributed by atoms with Gasteiger partial charge in [-0.1, -0.05) is 72.8 Å². The Morgan fingerprint density at radius 2 is 0.971 bits per heavy atom. The second kappa shape index (κ2) is 8.75. The van der Waals surface area contributed by atoms with E-state index in [4.69, 9.17) is 4.98 Å². The predicted octanol–water partition coefficient (Wildman–Crippen LogP) is 7.80. The molecular formula is C30H24N4. The maximum absolute atomic E-state index is 5.25. The van der Waals surface area contributed by atoms with E-state index in [9.17, 15) is 0 Å². The van der Waals surface area contributed by atoms with E-state index in [1.807, 2.05) is 24.3 Å². The lowest BCUT2D eigenvalue weighted by Gasteiger charge is -2.25. The first-order valence-corrected chi connectivity index (χ1v) is 11.4. The molecule has 1 aliphatic heterocycles. The normalized spacial score (nSPS) is 12.5. The third-order valence-corrected chi connectivity index (χ3v) is 6.06. The van der Waals surface area contributed by atoms with Crippen molar-refractivity contribution in [2.75, 3.05) is 21.4 Å². The summed E-state index contributed by atoms with van der Waals surface area (Å²) in [5.41, 5.74) is 5.52. The van der Waals surface area contributed by atoms with Crippen LogP contribution in [0.3, 0.4) is 0 Å². The van der Waals surface area contributed by atoms with Crippen LogP contribution in [-0.4, -0.2) is 11.7 Å². The molecule has 0 saturated carbocycles. The third kappa shape index (κ3) is 3.65. The van der Waals surface area contributed by atoms with Crippen molar-refractivity contribution in [1.82, 2.24) is 4.98 Å². The Kier molecular flexibility index (Phi) is 5.17. The fourth-order valence-corrected chi connectivity index (χ4v) is 4.46. The summed E-state index contributed by atoms with van der Waals surface area (Å²) >= 11 is 0. The quantitative estimate of drug-likeness (QED) is 0.278. The second-order valence-corrected chi connectivity index (χ2v) is 8.19. The number of para-hydroxylation sites is 4. The second-order valence-electron chi connectivity index (χ2n) is 8.19. The van der Waals surface area contributed by atoms with E-state index in [-0.39, 0.29) is 0 Å². The molecule has 4 nitrogen and oxygen atoms in total. The number of anilines is 7. The van der Waals surface area contributed by atoms with Crippen LogP contribution in [0.4, 0.5) is 40.1 Å². The molecule has 0 amide bonds. The molecule has 0 fully saturated rings. The minimum absolute atomic E-state index is 0.705. The van der Waals surface area contributed by atoms with Gasteiger partial charge in [-0.3, -0.25) is 4.90 Å². The Hall–Kier alpha value is -4.57. The number of rotatable bonds is 5. The topological polar surface area (TPSA) is 22.6 Å². The van der Waals surface area contributed by atoms with E-state index >= 15 is 0 Å². The lowest BCUT2D eigenvalue weighted by Crippen LogP contribution is -2.24. The highest BCUT2D eigenvalue weighted by molar-refractivity contribution is 5.87. The molecular weight excluding hydrogens is 416 g/mol. The molecule has 164 valence electrons. The minimum atomic E-state index is 0.705. The Bertz CT molecular complexity index is 1330. The Morgan fingerprint density at radius 3 is 1.50 bits per heavy atom. The summed E-state index contributed by atoms with van der Waals surface area (Å²) in [6, 6.07) is 46.1. The van der Waals surface area contributed by atoms with Gasteiger partial charge in [0.05, 0.1) is 5.69 Å². The van der Waals surface area contributed by atoms with Crippen molar-refractivity contribution in [3.63, 3.8) is 0 Å². The zero-order valence-corrected chi connectivity index (χ0v) is 18.7. The number of nitrogens with zero attached hydrogens (tertiary/aromatic N) is 4. The van der Waals surface area contributed by atoms with Crippen LogP contribution in [0, 0.1) is 0 Å². The Morgan fingerprint density at radius 1 is 0.500 bits per heavy atom. The van der Waals surface area contributed by atoms with Gasteiger partial charge in [0.1, 0.15) is 12.5 Å². The van der Waals surface area contributed by atoms with Gasteiger partial charge in [-0.2, -0.15) is 0 Å². The fraction of sp³-hybridized carbons (Fsp3) is 0.0333. The molecule has 0 bridgehead atoms. The van der Waals surface area contributed by atoms with E-state index in [0.29, 0.717) is 6.67 Å². The molecule has 0 spiro atoms. The van der Waals surface area contributed by atoms with Crippen LogP contribution >= 0.6 is 0 Å². The molecule has 34 heavy (non-hydrogen) atoms. The summed E-state index contributed by atoms with van der Waals surface area (Å²) in [5, 5.41) is 0. The van der Waals surface area contributed by atoms with E-state index in [2.05, 4.69) is 124 Å². The van der Waals surface area contributed by atoms with E-state index in [0.717, 1.165) is 40.1 Å². The maximum Gasteiger partial charge on any atom is 0.161 e. The summed E-state index contributed by atoms with van der Waals surface area (Å²) in [6.45, 7) is 0.705. The van der Waals surface area contributed by atoms with Crippen LogP contribution in [0.2, 0.25) is 0 Å². The number of benzene rings is 4. The van der Waals surface area contributed by atoms with Crippen LogP contribution < -0.4 is 14.7 Å². The smallest absolute Gasteiger partial charge is 0.161 e. The molecule has 0 unspecified atom stereocenters. The zero-order valence-electron chi connectivity index (χ0n) is 18.7. The highest BCUT2D eigenvalue weighted by atomic mass is 15.4. The van der Waals surface area contributed by atoms with Crippen molar-refractivity contribution in [3.8, 4) is 0 Å². The van der Waals surface area contributed by atoms with E-state index in [1.54, 1.807) is 0 Å². The molecule has 1 aliphatic rings. The molecule has 0 N–H and O–H groups in total. The number of hydrogen-bond donors (Lipinski definition) is 0. The number of hydrogen-bond acceptors (Lipinski definition) is 4. The van der Waals surface area contributed by atoms with Crippen LogP contribution in [0.15, 0.2) is 133 Å². The largest absolute Gasteiger partial charge is 0.320 e. The van der Waals surface area contributed by atoms with Crippen LogP contribution in [0.25, 0.3) is 0 Å². The van der Waals surface area contributed by atoms with Gasteiger partial charge < -0.3 is 9.80 Å². The molecule has 0 radical (unpaired) electrons. The third-order valence-electron chi connectivity index (χ3n) is 6.06. The highest BCUT2D eigenvalue weighted by Gasteiger charge is 2.30. The van der Waals surface area contributed by atoms with Crippen LogP contribution in [0.5, 0.6) is 0 Å². The molecule has 5 aromatic rings. The van der Waals surface area contributed by atoms with Crippen LogP contribution in [-0.2, 0) is 0 Å². The molecule has 2 heterocycles. The van der Waals surface area contributed by atoms with Crippen molar-refractivity contribution >= 4 is 40.1 Å². The average molecular weight is 441 g/mol. The Balaban J connectivity index is 1.51. The molecule has 0 atom stereocenters. The first-order chi connectivity index (χ1) is 16.9. The summed E-state index contributed by atoms with van der Waals surface area (Å²) in [5.74, 6) is 1.83. The van der Waals surface area contributed by atoms with Crippen molar-refractivity contribution in [2.24, 2.45) is 0 Å². The first-order valence-electron chi connectivity index (χ1n) is 11.4. The number of pyridine rings is 1. The Labute approximate surface area is 200 Å². The maximum atomic E-state index is 5.25. The van der Waals surface area contributed by atoms with Gasteiger partial charge in [0, 0.05) is 22.7 Å². The SMILES string of the molecule is c1ccc(N2CN(c3ccccc3)c3nc(N(c4ccccc4)c4ccccc4)ccc32)cc1.